The van der Waals surface area contributed by atoms with Crippen molar-refractivity contribution in [2.75, 3.05) is 30.3 Å². The van der Waals surface area contributed by atoms with E-state index in [-0.39, 0.29) is 18.1 Å². The standard InChI is InChI=1S/C26H28ClN5O2S/c1-3-34-25(33)21-23(30-16(2)24(31-21)35-19-8-11-29-22(28)20(19)27)32-12-9-26(10-13-32)14-17-6-4-5-7-18(17)15-26/h4-8,11H,3,9-10,12-15H2,1-2H3,(H2,28,29). The third-order valence-corrected chi connectivity index (χ3v) is 8.59. The molecule has 3 heterocycles. The van der Waals surface area contributed by atoms with Gasteiger partial charge in [-0.2, -0.15) is 0 Å². The van der Waals surface area contributed by atoms with Gasteiger partial charge >= 0.3 is 5.97 Å². The minimum atomic E-state index is -0.467. The van der Waals surface area contributed by atoms with E-state index in [4.69, 9.17) is 32.0 Å². The van der Waals surface area contributed by atoms with Crippen molar-refractivity contribution in [2.45, 2.75) is 49.5 Å². The highest BCUT2D eigenvalue weighted by molar-refractivity contribution is 7.99. The second-order valence-corrected chi connectivity index (χ2v) is 10.6. The molecule has 7 nitrogen and oxygen atoms in total. The van der Waals surface area contributed by atoms with Crippen molar-refractivity contribution in [3.63, 3.8) is 0 Å². The Balaban J connectivity index is 1.41. The summed E-state index contributed by atoms with van der Waals surface area (Å²) < 4.78 is 5.35. The maximum Gasteiger partial charge on any atom is 0.360 e. The number of hydrogen-bond acceptors (Lipinski definition) is 8. The average molecular weight is 510 g/mol. The first kappa shape index (κ1) is 23.9. The van der Waals surface area contributed by atoms with Crippen LogP contribution in [0.25, 0.3) is 0 Å². The van der Waals surface area contributed by atoms with Gasteiger partial charge in [-0.1, -0.05) is 47.6 Å². The Morgan fingerprint density at radius 2 is 1.86 bits per heavy atom. The van der Waals surface area contributed by atoms with E-state index in [2.05, 4.69) is 34.1 Å². The predicted octanol–water partition coefficient (Wildman–Crippen LogP) is 5.13. The second kappa shape index (κ2) is 9.66. The molecule has 0 unspecified atom stereocenters. The highest BCUT2D eigenvalue weighted by atomic mass is 35.5. The third kappa shape index (κ3) is 4.69. The van der Waals surface area contributed by atoms with Crippen LogP contribution in [0.4, 0.5) is 11.6 Å². The lowest BCUT2D eigenvalue weighted by Gasteiger charge is -2.40. The number of esters is 1. The Hall–Kier alpha value is -2.84. The highest BCUT2D eigenvalue weighted by Crippen LogP contribution is 2.45. The number of pyridine rings is 1. The molecule has 182 valence electrons. The maximum atomic E-state index is 12.9. The van der Waals surface area contributed by atoms with Crippen LogP contribution in [0.5, 0.6) is 0 Å². The zero-order chi connectivity index (χ0) is 24.6. The van der Waals surface area contributed by atoms with E-state index in [1.807, 2.05) is 6.92 Å². The van der Waals surface area contributed by atoms with E-state index < -0.39 is 5.97 Å². The zero-order valence-corrected chi connectivity index (χ0v) is 21.5. The first-order valence-electron chi connectivity index (χ1n) is 11.8. The van der Waals surface area contributed by atoms with Crippen molar-refractivity contribution in [3.8, 4) is 0 Å². The van der Waals surface area contributed by atoms with Crippen LogP contribution in [0.3, 0.4) is 0 Å². The number of nitrogen functional groups attached to an aromatic ring is 1. The smallest absolute Gasteiger partial charge is 0.360 e. The van der Waals surface area contributed by atoms with Gasteiger partial charge in [-0.3, -0.25) is 0 Å². The summed E-state index contributed by atoms with van der Waals surface area (Å²) in [7, 11) is 0. The summed E-state index contributed by atoms with van der Waals surface area (Å²) in [5.74, 6) is 0.377. The van der Waals surface area contributed by atoms with E-state index in [0.717, 1.165) is 44.5 Å². The van der Waals surface area contributed by atoms with E-state index in [9.17, 15) is 4.79 Å². The summed E-state index contributed by atoms with van der Waals surface area (Å²) >= 11 is 7.65. The van der Waals surface area contributed by atoms with E-state index in [0.29, 0.717) is 26.2 Å². The molecule has 0 bridgehead atoms. The molecule has 35 heavy (non-hydrogen) atoms. The molecule has 1 aromatic carbocycles. The fraction of sp³-hybridized carbons (Fsp3) is 0.385. The number of ether oxygens (including phenoxy) is 1. The number of carbonyl (C=O) groups excluding carboxylic acids is 1. The molecule has 0 radical (unpaired) electrons. The van der Waals surface area contributed by atoms with Crippen LogP contribution in [0, 0.1) is 12.3 Å². The number of aryl methyl sites for hydroxylation is 1. The molecule has 1 saturated heterocycles. The molecule has 2 aliphatic rings. The Labute approximate surface area is 214 Å². The number of anilines is 2. The van der Waals surface area contributed by atoms with Gasteiger partial charge in [-0.25, -0.2) is 19.7 Å². The van der Waals surface area contributed by atoms with Crippen LogP contribution in [0.15, 0.2) is 46.5 Å². The molecular weight excluding hydrogens is 482 g/mol. The summed E-state index contributed by atoms with van der Waals surface area (Å²) in [4.78, 5) is 29.4. The largest absolute Gasteiger partial charge is 0.461 e. The topological polar surface area (TPSA) is 94.2 Å². The van der Waals surface area contributed by atoms with Crippen molar-refractivity contribution < 1.29 is 9.53 Å². The van der Waals surface area contributed by atoms with Gasteiger partial charge in [0.1, 0.15) is 10.8 Å². The fourth-order valence-electron chi connectivity index (χ4n) is 5.09. The van der Waals surface area contributed by atoms with Crippen LogP contribution >= 0.6 is 23.4 Å². The first-order valence-corrected chi connectivity index (χ1v) is 13.0. The zero-order valence-electron chi connectivity index (χ0n) is 19.9. The van der Waals surface area contributed by atoms with E-state index in [1.54, 1.807) is 19.2 Å². The number of hydrogen-bond donors (Lipinski definition) is 1. The van der Waals surface area contributed by atoms with E-state index in [1.165, 1.54) is 22.9 Å². The number of halogens is 1. The third-order valence-electron chi connectivity index (χ3n) is 6.94. The number of aromatic nitrogens is 3. The van der Waals surface area contributed by atoms with Crippen LogP contribution in [0.2, 0.25) is 5.02 Å². The van der Waals surface area contributed by atoms with Crippen molar-refractivity contribution >= 4 is 41.0 Å². The van der Waals surface area contributed by atoms with Crippen LogP contribution in [0.1, 0.15) is 47.1 Å². The lowest BCUT2D eigenvalue weighted by atomic mass is 9.76. The minimum absolute atomic E-state index is 0.240. The molecule has 9 heteroatoms. The lowest BCUT2D eigenvalue weighted by molar-refractivity contribution is 0.0518. The molecule has 1 aliphatic carbocycles. The van der Waals surface area contributed by atoms with Gasteiger partial charge in [0.05, 0.1) is 17.3 Å². The maximum absolute atomic E-state index is 12.9. The summed E-state index contributed by atoms with van der Waals surface area (Å²) in [6.07, 6.45) is 5.94. The van der Waals surface area contributed by atoms with Crippen molar-refractivity contribution in [2.24, 2.45) is 5.41 Å². The van der Waals surface area contributed by atoms with Gasteiger partial charge in [0, 0.05) is 24.2 Å². The van der Waals surface area contributed by atoms with Gasteiger partial charge in [-0.15, -0.1) is 0 Å². The molecule has 2 aromatic heterocycles. The molecule has 1 aliphatic heterocycles. The second-order valence-electron chi connectivity index (χ2n) is 9.23. The predicted molar refractivity (Wildman–Crippen MR) is 138 cm³/mol. The van der Waals surface area contributed by atoms with Gasteiger partial charge < -0.3 is 15.4 Å². The van der Waals surface area contributed by atoms with Crippen LogP contribution in [-0.2, 0) is 17.6 Å². The molecule has 1 spiro atoms. The molecule has 2 N–H and O–H groups in total. The minimum Gasteiger partial charge on any atom is -0.461 e. The normalized spacial score (nSPS) is 16.4. The Bertz CT molecular complexity index is 1250. The van der Waals surface area contributed by atoms with E-state index >= 15 is 0 Å². The SMILES string of the molecule is CCOC(=O)c1nc(Sc2ccnc(N)c2Cl)c(C)nc1N1CCC2(CC1)Cc1ccccc1C2. The summed E-state index contributed by atoms with van der Waals surface area (Å²) in [5.41, 5.74) is 10.1. The van der Waals surface area contributed by atoms with Gasteiger partial charge in [0.25, 0.3) is 0 Å². The average Bonchev–Trinajstić information content (AvgIpc) is 3.21. The Morgan fingerprint density at radius 1 is 1.17 bits per heavy atom. The van der Waals surface area contributed by atoms with Crippen LogP contribution in [-0.4, -0.2) is 40.6 Å². The Morgan fingerprint density at radius 3 is 2.51 bits per heavy atom. The number of piperidine rings is 1. The lowest BCUT2D eigenvalue weighted by Crippen LogP contribution is -2.42. The number of nitrogens with two attached hydrogens (primary N) is 1. The number of rotatable bonds is 5. The first-order chi connectivity index (χ1) is 16.9. The van der Waals surface area contributed by atoms with Gasteiger partial charge in [0.15, 0.2) is 11.5 Å². The molecule has 0 amide bonds. The number of benzene rings is 1. The van der Waals surface area contributed by atoms with Crippen molar-refractivity contribution in [3.05, 3.63) is 64.1 Å². The molecule has 3 aromatic rings. The van der Waals surface area contributed by atoms with Crippen molar-refractivity contribution in [1.82, 2.24) is 15.0 Å². The Kier molecular flexibility index (Phi) is 6.59. The number of fused-ring (bicyclic) bond motifs is 1. The van der Waals surface area contributed by atoms with Crippen LogP contribution < -0.4 is 10.6 Å². The molecule has 5 rings (SSSR count). The number of carbonyl (C=O) groups is 1. The number of nitrogens with zero attached hydrogens (tertiary/aromatic N) is 4. The fourth-order valence-corrected chi connectivity index (χ4v) is 6.18. The highest BCUT2D eigenvalue weighted by Gasteiger charge is 2.40. The molecule has 1 fully saturated rings. The monoisotopic (exact) mass is 509 g/mol. The van der Waals surface area contributed by atoms with Crippen molar-refractivity contribution in [1.29, 1.82) is 0 Å². The molecule has 0 saturated carbocycles. The van der Waals surface area contributed by atoms with Gasteiger partial charge in [-0.05, 0) is 62.1 Å². The molecule has 0 atom stereocenters. The summed E-state index contributed by atoms with van der Waals surface area (Å²) in [5, 5.41) is 0.948. The summed E-state index contributed by atoms with van der Waals surface area (Å²) in [6, 6.07) is 10.5. The summed E-state index contributed by atoms with van der Waals surface area (Å²) in [6.45, 7) is 5.61. The van der Waals surface area contributed by atoms with Gasteiger partial charge in [0.2, 0.25) is 0 Å². The molecular formula is C26H28ClN5O2S. The quantitative estimate of drug-likeness (QED) is 0.473.